The molecule has 0 saturated heterocycles. The van der Waals surface area contributed by atoms with Crippen LogP contribution in [0.5, 0.6) is 0 Å². The van der Waals surface area contributed by atoms with E-state index in [1.807, 2.05) is 49.3 Å². The van der Waals surface area contributed by atoms with Crippen LogP contribution >= 0.6 is 0 Å². The summed E-state index contributed by atoms with van der Waals surface area (Å²) >= 11 is 0. The van der Waals surface area contributed by atoms with E-state index in [1.54, 1.807) is 0 Å². The lowest BCUT2D eigenvalue weighted by Crippen LogP contribution is -2.20. The van der Waals surface area contributed by atoms with Crippen molar-refractivity contribution in [2.24, 2.45) is 0 Å². The lowest BCUT2D eigenvalue weighted by Gasteiger charge is -2.13. The van der Waals surface area contributed by atoms with E-state index < -0.39 is 0 Å². The molecular formula is C14H18N4O. The van der Waals surface area contributed by atoms with E-state index in [0.29, 0.717) is 25.2 Å². The maximum Gasteiger partial charge on any atom is 0.207 e. The lowest BCUT2D eigenvalue weighted by atomic mass is 10.1. The minimum Gasteiger partial charge on any atom is -0.371 e. The fourth-order valence-corrected chi connectivity index (χ4v) is 1.47. The van der Waals surface area contributed by atoms with Gasteiger partial charge in [0.25, 0.3) is 0 Å². The Kier molecular flexibility index (Phi) is 6.13. The van der Waals surface area contributed by atoms with Gasteiger partial charge in [-0.1, -0.05) is 18.2 Å². The van der Waals surface area contributed by atoms with Crippen molar-refractivity contribution in [1.82, 2.24) is 10.2 Å². The first-order valence-corrected chi connectivity index (χ1v) is 5.93. The average Bonchev–Trinajstić information content (AvgIpc) is 2.41. The molecule has 1 amide bonds. The number of amides is 1. The number of carbonyl (C=O) groups excluding carboxylic acids is 1. The average molecular weight is 258 g/mol. The molecule has 100 valence electrons. The number of nitriles is 1. The summed E-state index contributed by atoms with van der Waals surface area (Å²) in [6.45, 7) is 1.15. The van der Waals surface area contributed by atoms with E-state index >= 15 is 0 Å². The van der Waals surface area contributed by atoms with E-state index in [4.69, 9.17) is 5.26 Å². The summed E-state index contributed by atoms with van der Waals surface area (Å²) in [5.74, 6) is 0. The Hall–Kier alpha value is -2.32. The molecule has 0 aliphatic carbocycles. The zero-order chi connectivity index (χ0) is 14.1. The molecule has 0 radical (unpaired) electrons. The Bertz CT molecular complexity index is 489. The van der Waals surface area contributed by atoms with Crippen LogP contribution in [0.4, 0.5) is 5.69 Å². The predicted molar refractivity (Wildman–Crippen MR) is 76.4 cm³/mol. The standard InChI is InChI=1S/C14H18N4O/c1-18(2)10-17-14-6-5-12(8-13(14)9-15)4-3-7-16-11-19/h3-6,8,11,17H,7,10H2,1-2H3,(H,16,19). The quantitative estimate of drug-likeness (QED) is 0.439. The summed E-state index contributed by atoms with van der Waals surface area (Å²) < 4.78 is 0. The van der Waals surface area contributed by atoms with Crippen LogP contribution in [0.2, 0.25) is 0 Å². The van der Waals surface area contributed by atoms with Crippen molar-refractivity contribution in [3.05, 3.63) is 35.4 Å². The van der Waals surface area contributed by atoms with Crippen molar-refractivity contribution in [2.45, 2.75) is 0 Å². The van der Waals surface area contributed by atoms with Crippen molar-refractivity contribution in [3.63, 3.8) is 0 Å². The van der Waals surface area contributed by atoms with E-state index in [0.717, 1.165) is 11.3 Å². The first-order valence-electron chi connectivity index (χ1n) is 5.93. The highest BCUT2D eigenvalue weighted by Gasteiger charge is 2.02. The third-order valence-electron chi connectivity index (χ3n) is 2.38. The molecule has 1 rings (SSSR count). The highest BCUT2D eigenvalue weighted by Crippen LogP contribution is 2.17. The minimum atomic E-state index is 0.478. The smallest absolute Gasteiger partial charge is 0.207 e. The van der Waals surface area contributed by atoms with Crippen molar-refractivity contribution >= 4 is 18.2 Å². The second kappa shape index (κ2) is 7.90. The summed E-state index contributed by atoms with van der Waals surface area (Å²) in [5.41, 5.74) is 2.35. The van der Waals surface area contributed by atoms with E-state index in [9.17, 15) is 4.79 Å². The molecule has 0 atom stereocenters. The van der Waals surface area contributed by atoms with Gasteiger partial charge in [0.15, 0.2) is 0 Å². The van der Waals surface area contributed by atoms with E-state index in [-0.39, 0.29) is 0 Å². The maximum absolute atomic E-state index is 10.1. The molecule has 0 aliphatic heterocycles. The summed E-state index contributed by atoms with van der Waals surface area (Å²) in [7, 11) is 3.91. The van der Waals surface area contributed by atoms with Crippen LogP contribution in [0.1, 0.15) is 11.1 Å². The molecule has 1 aromatic rings. The first-order chi connectivity index (χ1) is 9.17. The third-order valence-corrected chi connectivity index (χ3v) is 2.38. The second-order valence-corrected chi connectivity index (χ2v) is 4.26. The maximum atomic E-state index is 10.1. The third kappa shape index (κ3) is 5.23. The van der Waals surface area contributed by atoms with Crippen LogP contribution in [-0.4, -0.2) is 38.6 Å². The van der Waals surface area contributed by atoms with Crippen LogP contribution in [-0.2, 0) is 4.79 Å². The number of nitrogens with one attached hydrogen (secondary N) is 2. The van der Waals surface area contributed by atoms with Gasteiger partial charge in [-0.25, -0.2) is 0 Å². The SMILES string of the molecule is CN(C)CNc1ccc(C=CCNC=O)cc1C#N. The van der Waals surface area contributed by atoms with Gasteiger partial charge in [-0.05, 0) is 31.8 Å². The van der Waals surface area contributed by atoms with Gasteiger partial charge in [0.05, 0.1) is 17.9 Å². The number of nitrogens with zero attached hydrogens (tertiary/aromatic N) is 2. The van der Waals surface area contributed by atoms with Crippen LogP contribution < -0.4 is 10.6 Å². The second-order valence-electron chi connectivity index (χ2n) is 4.26. The molecule has 0 heterocycles. The van der Waals surface area contributed by atoms with Crippen molar-refractivity contribution in [1.29, 1.82) is 5.26 Å². The van der Waals surface area contributed by atoms with E-state index in [2.05, 4.69) is 16.7 Å². The van der Waals surface area contributed by atoms with Crippen molar-refractivity contribution in [2.75, 3.05) is 32.6 Å². The number of anilines is 1. The zero-order valence-electron chi connectivity index (χ0n) is 11.2. The van der Waals surface area contributed by atoms with Crippen molar-refractivity contribution in [3.8, 4) is 6.07 Å². The molecule has 0 unspecified atom stereocenters. The Labute approximate surface area is 113 Å². The number of hydrogen-bond acceptors (Lipinski definition) is 4. The molecule has 0 aromatic heterocycles. The normalized spacial score (nSPS) is 10.4. The van der Waals surface area contributed by atoms with Crippen LogP contribution in [0.25, 0.3) is 6.08 Å². The summed E-state index contributed by atoms with van der Waals surface area (Å²) in [6.07, 6.45) is 4.35. The monoisotopic (exact) mass is 258 g/mol. The van der Waals surface area contributed by atoms with Crippen molar-refractivity contribution < 1.29 is 4.79 Å². The van der Waals surface area contributed by atoms with Gasteiger partial charge in [-0.15, -0.1) is 0 Å². The summed E-state index contributed by atoms with van der Waals surface area (Å²) in [4.78, 5) is 12.1. The summed E-state index contributed by atoms with van der Waals surface area (Å²) in [5, 5.41) is 14.9. The van der Waals surface area contributed by atoms with Gasteiger partial charge in [0.1, 0.15) is 6.07 Å². The topological polar surface area (TPSA) is 68.2 Å². The van der Waals surface area contributed by atoms with Crippen LogP contribution in [0, 0.1) is 11.3 Å². The van der Waals surface area contributed by atoms with Crippen LogP contribution in [0.15, 0.2) is 24.3 Å². The Morgan fingerprint density at radius 3 is 2.84 bits per heavy atom. The van der Waals surface area contributed by atoms with Crippen LogP contribution in [0.3, 0.4) is 0 Å². The zero-order valence-corrected chi connectivity index (χ0v) is 11.2. The molecule has 0 saturated carbocycles. The van der Waals surface area contributed by atoms with Gasteiger partial charge in [0.2, 0.25) is 6.41 Å². The largest absolute Gasteiger partial charge is 0.371 e. The molecule has 0 bridgehead atoms. The molecule has 5 nitrogen and oxygen atoms in total. The molecule has 5 heteroatoms. The number of benzene rings is 1. The molecule has 1 aromatic carbocycles. The van der Waals surface area contributed by atoms with Gasteiger partial charge >= 0.3 is 0 Å². The van der Waals surface area contributed by atoms with Gasteiger partial charge in [0, 0.05) is 6.54 Å². The number of hydrogen-bond donors (Lipinski definition) is 2. The fourth-order valence-electron chi connectivity index (χ4n) is 1.47. The molecule has 0 spiro atoms. The minimum absolute atomic E-state index is 0.478. The number of rotatable bonds is 7. The Balaban J connectivity index is 2.75. The molecular weight excluding hydrogens is 240 g/mol. The fraction of sp³-hybridized carbons (Fsp3) is 0.286. The molecule has 0 fully saturated rings. The Morgan fingerprint density at radius 1 is 1.42 bits per heavy atom. The molecule has 19 heavy (non-hydrogen) atoms. The Morgan fingerprint density at radius 2 is 2.21 bits per heavy atom. The van der Waals surface area contributed by atoms with Gasteiger partial charge in [-0.3, -0.25) is 9.69 Å². The molecule has 0 aliphatic rings. The summed E-state index contributed by atoms with van der Waals surface area (Å²) in [6, 6.07) is 7.80. The first kappa shape index (κ1) is 14.7. The van der Waals surface area contributed by atoms with E-state index in [1.165, 1.54) is 0 Å². The van der Waals surface area contributed by atoms with Gasteiger partial charge < -0.3 is 10.6 Å². The highest BCUT2D eigenvalue weighted by molar-refractivity contribution is 5.63. The predicted octanol–water partition coefficient (Wildman–Crippen LogP) is 1.25. The lowest BCUT2D eigenvalue weighted by molar-refractivity contribution is -0.109. The number of carbonyl (C=O) groups is 1. The van der Waals surface area contributed by atoms with Gasteiger partial charge in [-0.2, -0.15) is 5.26 Å². The molecule has 2 N–H and O–H groups in total. The highest BCUT2D eigenvalue weighted by atomic mass is 16.1.